The molecule has 0 unspecified atom stereocenters. The van der Waals surface area contributed by atoms with Gasteiger partial charge in [-0.2, -0.15) is 0 Å². The zero-order valence-electron chi connectivity index (χ0n) is 17.7. The van der Waals surface area contributed by atoms with E-state index < -0.39 is 5.60 Å². The predicted octanol–water partition coefficient (Wildman–Crippen LogP) is 5.65. The number of aromatic amines is 1. The van der Waals surface area contributed by atoms with Gasteiger partial charge in [-0.3, -0.25) is 0 Å². The van der Waals surface area contributed by atoms with Crippen LogP contribution in [0.15, 0.2) is 42.5 Å². The first-order chi connectivity index (χ1) is 13.8. The normalized spacial score (nSPS) is 15.7. The number of carbonyl (C=O) groups is 1. The summed E-state index contributed by atoms with van der Waals surface area (Å²) in [6, 6.07) is 14.5. The molecule has 2 heterocycles. The standard InChI is InChI=1S/C24H29N3O2/c1-16-10-11-19-21(26-22(25-19)18-8-6-5-7-9-18)20(16)17-12-14-27(15-13-17)23(28)29-24(2,3)4/h5-11,17H,12-15H2,1-4H3,(H,25,26). The maximum absolute atomic E-state index is 12.4. The van der Waals surface area contributed by atoms with Gasteiger partial charge in [-0.15, -0.1) is 0 Å². The number of nitrogens with zero attached hydrogens (tertiary/aromatic N) is 2. The van der Waals surface area contributed by atoms with Crippen molar-refractivity contribution in [1.82, 2.24) is 14.9 Å². The summed E-state index contributed by atoms with van der Waals surface area (Å²) >= 11 is 0. The van der Waals surface area contributed by atoms with Crippen molar-refractivity contribution in [3.8, 4) is 11.4 Å². The number of aromatic nitrogens is 2. The van der Waals surface area contributed by atoms with Gasteiger partial charge in [-0.1, -0.05) is 36.4 Å². The lowest BCUT2D eigenvalue weighted by Crippen LogP contribution is -2.41. The third-order valence-electron chi connectivity index (χ3n) is 5.51. The average Bonchev–Trinajstić information content (AvgIpc) is 3.12. The lowest BCUT2D eigenvalue weighted by Gasteiger charge is -2.34. The Kier molecular flexibility index (Phi) is 5.07. The fourth-order valence-electron chi connectivity index (χ4n) is 4.12. The molecule has 0 spiro atoms. The zero-order valence-corrected chi connectivity index (χ0v) is 17.7. The second kappa shape index (κ2) is 7.54. The highest BCUT2D eigenvalue weighted by Gasteiger charge is 2.29. The number of nitrogens with one attached hydrogen (secondary N) is 1. The predicted molar refractivity (Wildman–Crippen MR) is 116 cm³/mol. The second-order valence-electron chi connectivity index (χ2n) is 8.89. The van der Waals surface area contributed by atoms with Gasteiger partial charge in [-0.05, 0) is 63.6 Å². The third-order valence-corrected chi connectivity index (χ3v) is 5.51. The number of hydrogen-bond acceptors (Lipinski definition) is 3. The van der Waals surface area contributed by atoms with Gasteiger partial charge in [0.05, 0.1) is 11.0 Å². The lowest BCUT2D eigenvalue weighted by molar-refractivity contribution is 0.0205. The molecule has 5 heteroatoms. The summed E-state index contributed by atoms with van der Waals surface area (Å²) in [6.45, 7) is 9.31. The van der Waals surface area contributed by atoms with Crippen LogP contribution >= 0.6 is 0 Å². The summed E-state index contributed by atoms with van der Waals surface area (Å²) in [6.07, 6.45) is 1.64. The molecule has 1 N–H and O–H groups in total. The van der Waals surface area contributed by atoms with Crippen LogP contribution in [0.1, 0.15) is 50.7 Å². The highest BCUT2D eigenvalue weighted by Crippen LogP contribution is 2.36. The van der Waals surface area contributed by atoms with Crippen LogP contribution in [0.5, 0.6) is 0 Å². The van der Waals surface area contributed by atoms with Gasteiger partial charge in [0.25, 0.3) is 0 Å². The fraction of sp³-hybridized carbons (Fsp3) is 0.417. The van der Waals surface area contributed by atoms with Gasteiger partial charge in [-0.25, -0.2) is 9.78 Å². The molecule has 1 saturated heterocycles. The van der Waals surface area contributed by atoms with Gasteiger partial charge >= 0.3 is 6.09 Å². The van der Waals surface area contributed by atoms with Crippen molar-refractivity contribution in [3.63, 3.8) is 0 Å². The van der Waals surface area contributed by atoms with Gasteiger partial charge in [0, 0.05) is 18.7 Å². The summed E-state index contributed by atoms with van der Waals surface area (Å²) in [5.74, 6) is 1.29. The van der Waals surface area contributed by atoms with Crippen LogP contribution in [0.4, 0.5) is 4.79 Å². The Hall–Kier alpha value is -2.82. The first kappa shape index (κ1) is 19.5. The van der Waals surface area contributed by atoms with Crippen molar-refractivity contribution in [3.05, 3.63) is 53.6 Å². The van der Waals surface area contributed by atoms with Crippen molar-refractivity contribution < 1.29 is 9.53 Å². The largest absolute Gasteiger partial charge is 0.444 e. The summed E-state index contributed by atoms with van der Waals surface area (Å²) in [4.78, 5) is 22.6. The molecule has 4 rings (SSSR count). The Morgan fingerprint density at radius 1 is 1.10 bits per heavy atom. The molecule has 0 saturated carbocycles. The number of piperidine rings is 1. The summed E-state index contributed by atoms with van der Waals surface area (Å²) in [7, 11) is 0. The van der Waals surface area contributed by atoms with Crippen LogP contribution in [0.25, 0.3) is 22.4 Å². The quantitative estimate of drug-likeness (QED) is 0.614. The minimum absolute atomic E-state index is 0.211. The molecule has 0 bridgehead atoms. The number of amides is 1. The van der Waals surface area contributed by atoms with Crippen LogP contribution in [0.2, 0.25) is 0 Å². The van der Waals surface area contributed by atoms with Crippen molar-refractivity contribution in [2.75, 3.05) is 13.1 Å². The van der Waals surface area contributed by atoms with E-state index >= 15 is 0 Å². The van der Waals surface area contributed by atoms with E-state index in [4.69, 9.17) is 9.72 Å². The summed E-state index contributed by atoms with van der Waals surface area (Å²) in [5, 5.41) is 0. The maximum Gasteiger partial charge on any atom is 0.410 e. The monoisotopic (exact) mass is 391 g/mol. The van der Waals surface area contributed by atoms with Gasteiger partial charge in [0.2, 0.25) is 0 Å². The Labute approximate surface area is 172 Å². The molecular formula is C24H29N3O2. The number of carbonyl (C=O) groups excluding carboxylic acids is 1. The minimum atomic E-state index is -0.459. The van der Waals surface area contributed by atoms with Crippen LogP contribution in [0.3, 0.4) is 0 Å². The Morgan fingerprint density at radius 3 is 2.45 bits per heavy atom. The minimum Gasteiger partial charge on any atom is -0.444 e. The highest BCUT2D eigenvalue weighted by atomic mass is 16.6. The van der Waals surface area contributed by atoms with Gasteiger partial charge < -0.3 is 14.6 Å². The summed E-state index contributed by atoms with van der Waals surface area (Å²) < 4.78 is 5.53. The van der Waals surface area contributed by atoms with Crippen molar-refractivity contribution >= 4 is 17.1 Å². The number of benzene rings is 2. The number of H-pyrrole nitrogens is 1. The molecule has 1 fully saturated rings. The van der Waals surface area contributed by atoms with Crippen LogP contribution in [-0.2, 0) is 4.74 Å². The van der Waals surface area contributed by atoms with Gasteiger partial charge in [0.15, 0.2) is 0 Å². The van der Waals surface area contributed by atoms with Gasteiger partial charge in [0.1, 0.15) is 11.4 Å². The molecular weight excluding hydrogens is 362 g/mol. The van der Waals surface area contributed by atoms with Crippen LogP contribution < -0.4 is 0 Å². The number of aryl methyl sites for hydroxylation is 1. The Morgan fingerprint density at radius 2 is 1.79 bits per heavy atom. The fourth-order valence-corrected chi connectivity index (χ4v) is 4.12. The number of rotatable bonds is 2. The Bertz CT molecular complexity index is 1010. The molecule has 1 aromatic heterocycles. The summed E-state index contributed by atoms with van der Waals surface area (Å²) in [5.41, 5.74) is 5.33. The Balaban J connectivity index is 1.58. The van der Waals surface area contributed by atoms with E-state index in [1.165, 1.54) is 11.1 Å². The third kappa shape index (κ3) is 4.14. The van der Waals surface area contributed by atoms with E-state index in [0.29, 0.717) is 19.0 Å². The highest BCUT2D eigenvalue weighted by molar-refractivity contribution is 5.84. The molecule has 0 atom stereocenters. The number of likely N-dealkylation sites (tertiary alicyclic amines) is 1. The molecule has 0 aliphatic carbocycles. The lowest BCUT2D eigenvalue weighted by atomic mass is 9.86. The number of fused-ring (bicyclic) bond motifs is 1. The molecule has 29 heavy (non-hydrogen) atoms. The number of ether oxygens (including phenoxy) is 1. The zero-order chi connectivity index (χ0) is 20.6. The molecule has 0 radical (unpaired) electrons. The first-order valence-electron chi connectivity index (χ1n) is 10.3. The van der Waals surface area contributed by atoms with Crippen molar-refractivity contribution in [1.29, 1.82) is 0 Å². The molecule has 1 amide bonds. The van der Waals surface area contributed by atoms with E-state index in [0.717, 1.165) is 35.3 Å². The number of hydrogen-bond donors (Lipinski definition) is 1. The van der Waals surface area contributed by atoms with Crippen molar-refractivity contribution in [2.24, 2.45) is 0 Å². The molecule has 1 aliphatic rings. The second-order valence-corrected chi connectivity index (χ2v) is 8.89. The maximum atomic E-state index is 12.4. The first-order valence-corrected chi connectivity index (χ1v) is 10.3. The molecule has 5 nitrogen and oxygen atoms in total. The van der Waals surface area contributed by atoms with Crippen LogP contribution in [-0.4, -0.2) is 39.7 Å². The molecule has 1 aliphatic heterocycles. The SMILES string of the molecule is Cc1ccc2[nH]c(-c3ccccc3)nc2c1C1CCN(C(=O)OC(C)(C)C)CC1. The van der Waals surface area contributed by atoms with Crippen LogP contribution in [0, 0.1) is 6.92 Å². The van der Waals surface area contributed by atoms with E-state index in [1.807, 2.05) is 43.9 Å². The topological polar surface area (TPSA) is 58.2 Å². The average molecular weight is 392 g/mol. The smallest absolute Gasteiger partial charge is 0.410 e. The molecule has 152 valence electrons. The van der Waals surface area contributed by atoms with E-state index in [1.54, 1.807) is 0 Å². The van der Waals surface area contributed by atoms with E-state index in [2.05, 4.69) is 36.2 Å². The van der Waals surface area contributed by atoms with E-state index in [9.17, 15) is 4.79 Å². The number of imidazole rings is 1. The molecule has 2 aromatic carbocycles. The molecule has 3 aromatic rings. The van der Waals surface area contributed by atoms with Crippen molar-refractivity contribution in [2.45, 2.75) is 52.1 Å². The van der Waals surface area contributed by atoms with E-state index in [-0.39, 0.29) is 6.09 Å².